The summed E-state index contributed by atoms with van der Waals surface area (Å²) in [5.74, 6) is 1.08. The number of nitrogens with zero attached hydrogens (tertiary/aromatic N) is 2. The molecule has 5 nitrogen and oxygen atoms in total. The molecule has 2 atom stereocenters. The highest BCUT2D eigenvalue weighted by Gasteiger charge is 2.43. The van der Waals surface area contributed by atoms with E-state index in [2.05, 4.69) is 0 Å². The Morgan fingerprint density at radius 1 is 1.15 bits per heavy atom. The van der Waals surface area contributed by atoms with E-state index in [1.54, 1.807) is 24.1 Å². The van der Waals surface area contributed by atoms with Crippen molar-refractivity contribution in [2.75, 3.05) is 20.2 Å². The fraction of sp³-hybridized carbons (Fsp3) is 0.364. The van der Waals surface area contributed by atoms with Crippen LogP contribution in [0.1, 0.15) is 28.8 Å². The van der Waals surface area contributed by atoms with Crippen LogP contribution >= 0.6 is 0 Å². The van der Waals surface area contributed by atoms with Crippen molar-refractivity contribution in [3.8, 4) is 5.75 Å². The summed E-state index contributed by atoms with van der Waals surface area (Å²) in [6.45, 7) is 2.02. The van der Waals surface area contributed by atoms with Crippen LogP contribution in [0.2, 0.25) is 0 Å². The molecule has 2 aromatic rings. The quantitative estimate of drug-likeness (QED) is 0.838. The van der Waals surface area contributed by atoms with Crippen LogP contribution in [0.4, 0.5) is 0 Å². The third kappa shape index (κ3) is 3.54. The number of amides is 2. The Bertz CT molecular complexity index is 836. The molecule has 27 heavy (non-hydrogen) atoms. The first-order valence-corrected chi connectivity index (χ1v) is 9.43. The molecule has 0 aliphatic carbocycles. The van der Waals surface area contributed by atoms with Crippen molar-refractivity contribution < 1.29 is 14.3 Å². The molecule has 140 valence electrons. The molecule has 2 aliphatic rings. The normalized spacial score (nSPS) is 21.9. The van der Waals surface area contributed by atoms with Gasteiger partial charge in [-0.1, -0.05) is 36.4 Å². The van der Waals surface area contributed by atoms with Gasteiger partial charge in [0, 0.05) is 25.2 Å². The minimum atomic E-state index is -0.361. The predicted molar refractivity (Wildman–Crippen MR) is 102 cm³/mol. The van der Waals surface area contributed by atoms with E-state index in [-0.39, 0.29) is 17.9 Å². The number of hydrogen-bond donors (Lipinski definition) is 0. The van der Waals surface area contributed by atoms with E-state index in [1.165, 1.54) is 0 Å². The van der Waals surface area contributed by atoms with Gasteiger partial charge in [-0.2, -0.15) is 0 Å². The second-order valence-electron chi connectivity index (χ2n) is 7.34. The average Bonchev–Trinajstić information content (AvgIpc) is 2.72. The molecular formula is C22H24N2O3. The molecule has 4 rings (SSSR count). The second kappa shape index (κ2) is 7.43. The molecule has 0 spiro atoms. The van der Waals surface area contributed by atoms with Crippen molar-refractivity contribution in [3.63, 3.8) is 0 Å². The number of carbonyl (C=O) groups is 2. The van der Waals surface area contributed by atoms with Gasteiger partial charge in [0.15, 0.2) is 0 Å². The van der Waals surface area contributed by atoms with Crippen LogP contribution in [0.3, 0.4) is 0 Å². The highest BCUT2D eigenvalue weighted by molar-refractivity contribution is 5.98. The van der Waals surface area contributed by atoms with Crippen LogP contribution in [0, 0.1) is 5.92 Å². The Labute approximate surface area is 159 Å². The fourth-order valence-corrected chi connectivity index (χ4v) is 4.16. The van der Waals surface area contributed by atoms with E-state index in [4.69, 9.17) is 4.74 Å². The molecule has 2 heterocycles. The lowest BCUT2D eigenvalue weighted by molar-refractivity contribution is -0.144. The van der Waals surface area contributed by atoms with Crippen molar-refractivity contribution in [3.05, 3.63) is 65.7 Å². The molecule has 2 bridgehead atoms. The molecule has 2 fully saturated rings. The van der Waals surface area contributed by atoms with Crippen molar-refractivity contribution in [2.45, 2.75) is 25.4 Å². The minimum absolute atomic E-state index is 0.0612. The molecule has 2 saturated heterocycles. The van der Waals surface area contributed by atoms with Crippen LogP contribution in [0.25, 0.3) is 0 Å². The summed E-state index contributed by atoms with van der Waals surface area (Å²) in [6, 6.07) is 16.8. The van der Waals surface area contributed by atoms with Crippen LogP contribution in [-0.2, 0) is 11.3 Å². The highest BCUT2D eigenvalue weighted by atomic mass is 16.5. The molecule has 2 aliphatic heterocycles. The smallest absolute Gasteiger partial charge is 0.254 e. The van der Waals surface area contributed by atoms with E-state index in [1.807, 2.05) is 47.4 Å². The number of methoxy groups -OCH3 is 1. The monoisotopic (exact) mass is 364 g/mol. The molecule has 0 saturated carbocycles. The van der Waals surface area contributed by atoms with Gasteiger partial charge >= 0.3 is 0 Å². The van der Waals surface area contributed by atoms with Gasteiger partial charge in [-0.3, -0.25) is 9.59 Å². The number of hydrogen-bond acceptors (Lipinski definition) is 3. The van der Waals surface area contributed by atoms with Crippen LogP contribution in [0.5, 0.6) is 5.75 Å². The van der Waals surface area contributed by atoms with Crippen LogP contribution in [-0.4, -0.2) is 47.9 Å². The number of likely N-dealkylation sites (tertiary alicyclic amines) is 2. The van der Waals surface area contributed by atoms with Crippen LogP contribution < -0.4 is 4.74 Å². The third-order valence-corrected chi connectivity index (χ3v) is 5.58. The lowest BCUT2D eigenvalue weighted by Gasteiger charge is -2.46. The zero-order valence-corrected chi connectivity index (χ0v) is 15.5. The fourth-order valence-electron chi connectivity index (χ4n) is 4.16. The van der Waals surface area contributed by atoms with Gasteiger partial charge < -0.3 is 14.5 Å². The van der Waals surface area contributed by atoms with Gasteiger partial charge in [0.2, 0.25) is 5.91 Å². The lowest BCUT2D eigenvalue weighted by Crippen LogP contribution is -2.59. The summed E-state index contributed by atoms with van der Waals surface area (Å²) in [5.41, 5.74) is 1.69. The lowest BCUT2D eigenvalue weighted by atomic mass is 9.85. The molecule has 0 unspecified atom stereocenters. The average molecular weight is 364 g/mol. The van der Waals surface area contributed by atoms with Crippen LogP contribution in [0.15, 0.2) is 54.6 Å². The summed E-state index contributed by atoms with van der Waals surface area (Å²) in [6.07, 6.45) is 1.70. The van der Waals surface area contributed by atoms with Gasteiger partial charge in [0.1, 0.15) is 11.8 Å². The first-order valence-electron chi connectivity index (χ1n) is 9.43. The van der Waals surface area contributed by atoms with Gasteiger partial charge in [-0.05, 0) is 42.5 Å². The molecule has 0 aromatic heterocycles. The van der Waals surface area contributed by atoms with Gasteiger partial charge in [-0.25, -0.2) is 0 Å². The topological polar surface area (TPSA) is 49.9 Å². The summed E-state index contributed by atoms with van der Waals surface area (Å²) in [5, 5.41) is 0. The third-order valence-electron chi connectivity index (χ3n) is 5.58. The summed E-state index contributed by atoms with van der Waals surface area (Å²) >= 11 is 0. The maximum atomic E-state index is 13.1. The molecule has 0 radical (unpaired) electrons. The SMILES string of the molecule is COc1cccc(C(=O)N2CC[C@H]3C[C@@H]2C(=O)N(Cc2ccccc2)C3)c1. The Balaban J connectivity index is 1.54. The van der Waals surface area contributed by atoms with E-state index in [0.717, 1.165) is 24.9 Å². The maximum absolute atomic E-state index is 13.1. The van der Waals surface area contributed by atoms with E-state index < -0.39 is 0 Å². The number of rotatable bonds is 4. The highest BCUT2D eigenvalue weighted by Crippen LogP contribution is 2.32. The predicted octanol–water partition coefficient (Wildman–Crippen LogP) is 2.96. The molecule has 0 N–H and O–H groups in total. The van der Waals surface area contributed by atoms with Gasteiger partial charge in [0.25, 0.3) is 5.91 Å². The number of carbonyl (C=O) groups excluding carboxylic acids is 2. The van der Waals surface area contributed by atoms with E-state index in [9.17, 15) is 9.59 Å². The zero-order chi connectivity index (χ0) is 18.8. The Kier molecular flexibility index (Phi) is 4.84. The largest absolute Gasteiger partial charge is 0.497 e. The molecule has 2 aromatic carbocycles. The molecule has 5 heteroatoms. The number of ether oxygens (including phenoxy) is 1. The summed E-state index contributed by atoms with van der Waals surface area (Å²) in [4.78, 5) is 29.9. The first kappa shape index (κ1) is 17.6. The Morgan fingerprint density at radius 3 is 2.74 bits per heavy atom. The van der Waals surface area contributed by atoms with E-state index >= 15 is 0 Å². The zero-order valence-electron chi connectivity index (χ0n) is 15.5. The number of benzene rings is 2. The number of fused-ring (bicyclic) bond motifs is 2. The van der Waals surface area contributed by atoms with Crippen molar-refractivity contribution in [2.24, 2.45) is 5.92 Å². The Hall–Kier alpha value is -2.82. The van der Waals surface area contributed by atoms with E-state index in [0.29, 0.717) is 30.3 Å². The van der Waals surface area contributed by atoms with Gasteiger partial charge in [-0.15, -0.1) is 0 Å². The first-order chi connectivity index (χ1) is 13.2. The summed E-state index contributed by atoms with van der Waals surface area (Å²) < 4.78 is 5.23. The van der Waals surface area contributed by atoms with Crippen molar-refractivity contribution >= 4 is 11.8 Å². The van der Waals surface area contributed by atoms with Crippen molar-refractivity contribution in [1.82, 2.24) is 9.80 Å². The molecular weight excluding hydrogens is 340 g/mol. The standard InChI is InChI=1S/C22H24N2O3/c1-27-19-9-5-8-18(13-19)21(25)24-11-10-17-12-20(24)22(26)23(15-17)14-16-6-3-2-4-7-16/h2-9,13,17,20H,10-12,14-15H2,1H3/t17-,20+/m0/s1. The molecule has 2 amide bonds. The van der Waals surface area contributed by atoms with Crippen molar-refractivity contribution in [1.29, 1.82) is 0 Å². The number of piperidine rings is 2. The van der Waals surface area contributed by atoms with Gasteiger partial charge in [0.05, 0.1) is 7.11 Å². The second-order valence-corrected chi connectivity index (χ2v) is 7.34. The maximum Gasteiger partial charge on any atom is 0.254 e. The summed E-state index contributed by atoms with van der Waals surface area (Å²) in [7, 11) is 1.58. The Morgan fingerprint density at radius 2 is 1.96 bits per heavy atom. The minimum Gasteiger partial charge on any atom is -0.497 e.